The summed E-state index contributed by atoms with van der Waals surface area (Å²) in [7, 11) is 0. The maximum absolute atomic E-state index is 5.74. The first kappa shape index (κ1) is 11.0. The normalized spacial score (nSPS) is 18.5. The summed E-state index contributed by atoms with van der Waals surface area (Å²) in [6, 6.07) is 8.71. The third kappa shape index (κ3) is 2.56. The predicted octanol–water partition coefficient (Wildman–Crippen LogP) is 3.39. The highest BCUT2D eigenvalue weighted by Gasteiger charge is 2.20. The van der Waals surface area contributed by atoms with Gasteiger partial charge in [-0.15, -0.1) is 11.8 Å². The summed E-state index contributed by atoms with van der Waals surface area (Å²) in [5.74, 6) is 0.480. The lowest BCUT2D eigenvalue weighted by atomic mass is 10.00. The van der Waals surface area contributed by atoms with Crippen molar-refractivity contribution in [3.8, 4) is 0 Å². The van der Waals surface area contributed by atoms with E-state index in [1.165, 1.54) is 29.7 Å². The molecule has 15 heavy (non-hydrogen) atoms. The predicted molar refractivity (Wildman–Crippen MR) is 67.4 cm³/mol. The molecule has 2 heteroatoms. The number of rotatable bonds is 4. The first-order valence-electron chi connectivity index (χ1n) is 5.77. The van der Waals surface area contributed by atoms with Crippen molar-refractivity contribution in [2.75, 3.05) is 6.54 Å². The minimum Gasteiger partial charge on any atom is -0.330 e. The van der Waals surface area contributed by atoms with Crippen LogP contribution in [0, 0.1) is 0 Å². The van der Waals surface area contributed by atoms with Crippen molar-refractivity contribution in [2.45, 2.75) is 42.2 Å². The smallest absolute Gasteiger partial charge is 0.0110 e. The Morgan fingerprint density at radius 1 is 1.40 bits per heavy atom. The molecule has 0 radical (unpaired) electrons. The van der Waals surface area contributed by atoms with Crippen molar-refractivity contribution >= 4 is 11.8 Å². The van der Waals surface area contributed by atoms with Crippen LogP contribution in [0.25, 0.3) is 0 Å². The Labute approximate surface area is 96.4 Å². The van der Waals surface area contributed by atoms with E-state index >= 15 is 0 Å². The molecular weight excluding hydrogens is 202 g/mol. The zero-order valence-corrected chi connectivity index (χ0v) is 10.1. The summed E-state index contributed by atoms with van der Waals surface area (Å²) in [5.41, 5.74) is 7.17. The van der Waals surface area contributed by atoms with Gasteiger partial charge in [0.15, 0.2) is 0 Å². The Morgan fingerprint density at radius 2 is 2.13 bits per heavy atom. The van der Waals surface area contributed by atoms with E-state index in [2.05, 4.69) is 31.2 Å². The van der Waals surface area contributed by atoms with Crippen LogP contribution in [0.4, 0.5) is 0 Å². The van der Waals surface area contributed by atoms with Crippen LogP contribution in [0.2, 0.25) is 0 Å². The van der Waals surface area contributed by atoms with E-state index in [1.807, 2.05) is 11.8 Å². The first-order chi connectivity index (χ1) is 7.31. The van der Waals surface area contributed by atoms with Crippen molar-refractivity contribution in [2.24, 2.45) is 5.73 Å². The Balaban J connectivity index is 2.13. The molecule has 1 aromatic rings. The van der Waals surface area contributed by atoms with Gasteiger partial charge in [-0.05, 0) is 36.9 Å². The van der Waals surface area contributed by atoms with Gasteiger partial charge in [-0.25, -0.2) is 0 Å². The minimum absolute atomic E-state index is 0.480. The first-order valence-corrected chi connectivity index (χ1v) is 6.65. The van der Waals surface area contributed by atoms with E-state index < -0.39 is 0 Å². The SMILES string of the molecule is CC(CN)c1ccccc1SC1CCC1. The van der Waals surface area contributed by atoms with Crippen LogP contribution in [-0.2, 0) is 0 Å². The lowest BCUT2D eigenvalue weighted by molar-refractivity contribution is 0.522. The van der Waals surface area contributed by atoms with Crippen molar-refractivity contribution in [3.63, 3.8) is 0 Å². The van der Waals surface area contributed by atoms with Gasteiger partial charge in [0.1, 0.15) is 0 Å². The zero-order chi connectivity index (χ0) is 10.7. The Morgan fingerprint density at radius 3 is 2.73 bits per heavy atom. The largest absolute Gasteiger partial charge is 0.330 e. The lowest BCUT2D eigenvalue weighted by Crippen LogP contribution is -2.14. The van der Waals surface area contributed by atoms with Crippen LogP contribution >= 0.6 is 11.8 Å². The molecule has 1 aromatic carbocycles. The number of nitrogens with two attached hydrogens (primary N) is 1. The van der Waals surface area contributed by atoms with Crippen LogP contribution in [0.15, 0.2) is 29.2 Å². The molecule has 0 spiro atoms. The maximum atomic E-state index is 5.74. The van der Waals surface area contributed by atoms with Gasteiger partial charge < -0.3 is 5.73 Å². The average molecular weight is 221 g/mol. The lowest BCUT2D eigenvalue weighted by Gasteiger charge is -2.26. The van der Waals surface area contributed by atoms with Gasteiger partial charge in [-0.1, -0.05) is 31.5 Å². The van der Waals surface area contributed by atoms with Gasteiger partial charge in [0.05, 0.1) is 0 Å². The summed E-state index contributed by atoms with van der Waals surface area (Å²) in [4.78, 5) is 1.44. The molecule has 0 heterocycles. The Hall–Kier alpha value is -0.470. The van der Waals surface area contributed by atoms with Gasteiger partial charge in [-0.2, -0.15) is 0 Å². The number of thioether (sulfide) groups is 1. The highest BCUT2D eigenvalue weighted by molar-refractivity contribution is 8.00. The van der Waals surface area contributed by atoms with Crippen LogP contribution in [0.5, 0.6) is 0 Å². The van der Waals surface area contributed by atoms with Gasteiger partial charge in [-0.3, -0.25) is 0 Å². The van der Waals surface area contributed by atoms with Gasteiger partial charge in [0.2, 0.25) is 0 Å². The fourth-order valence-electron chi connectivity index (χ4n) is 1.79. The highest BCUT2D eigenvalue weighted by Crippen LogP contribution is 2.39. The molecule has 1 aliphatic rings. The van der Waals surface area contributed by atoms with Crippen molar-refractivity contribution in [3.05, 3.63) is 29.8 Å². The summed E-state index contributed by atoms with van der Waals surface area (Å²) in [6.45, 7) is 2.95. The second-order valence-corrected chi connectivity index (χ2v) is 5.69. The molecule has 0 saturated heterocycles. The maximum Gasteiger partial charge on any atom is 0.0110 e. The molecule has 1 nitrogen and oxygen atoms in total. The summed E-state index contributed by atoms with van der Waals surface area (Å²) in [5, 5.41) is 0.858. The third-order valence-electron chi connectivity index (χ3n) is 3.15. The van der Waals surface area contributed by atoms with Crippen molar-refractivity contribution in [1.82, 2.24) is 0 Å². The molecule has 1 atom stereocenters. The summed E-state index contributed by atoms with van der Waals surface area (Å²) in [6.07, 6.45) is 4.18. The molecule has 1 unspecified atom stereocenters. The summed E-state index contributed by atoms with van der Waals surface area (Å²) < 4.78 is 0. The topological polar surface area (TPSA) is 26.0 Å². The molecule has 0 aromatic heterocycles. The molecule has 1 fully saturated rings. The number of hydrogen-bond donors (Lipinski definition) is 1. The number of benzene rings is 1. The molecule has 0 aliphatic heterocycles. The monoisotopic (exact) mass is 221 g/mol. The molecule has 0 bridgehead atoms. The van der Waals surface area contributed by atoms with E-state index in [4.69, 9.17) is 5.73 Å². The van der Waals surface area contributed by atoms with Gasteiger partial charge >= 0.3 is 0 Å². The van der Waals surface area contributed by atoms with Gasteiger partial charge in [0, 0.05) is 10.1 Å². The van der Waals surface area contributed by atoms with Crippen LogP contribution < -0.4 is 5.73 Å². The fourth-order valence-corrected chi connectivity index (χ4v) is 3.28. The van der Waals surface area contributed by atoms with E-state index in [1.54, 1.807) is 0 Å². The average Bonchev–Trinajstić information content (AvgIpc) is 2.23. The third-order valence-corrected chi connectivity index (χ3v) is 4.58. The minimum atomic E-state index is 0.480. The molecular formula is C13H19NS. The molecule has 1 saturated carbocycles. The summed E-state index contributed by atoms with van der Waals surface area (Å²) >= 11 is 2.05. The van der Waals surface area contributed by atoms with E-state index in [0.29, 0.717) is 5.92 Å². The molecule has 1 aliphatic carbocycles. The highest BCUT2D eigenvalue weighted by atomic mass is 32.2. The Bertz CT molecular complexity index is 320. The quantitative estimate of drug-likeness (QED) is 0.843. The number of hydrogen-bond acceptors (Lipinski definition) is 2. The van der Waals surface area contributed by atoms with Crippen molar-refractivity contribution in [1.29, 1.82) is 0 Å². The molecule has 82 valence electrons. The zero-order valence-electron chi connectivity index (χ0n) is 9.28. The van der Waals surface area contributed by atoms with E-state index in [0.717, 1.165) is 11.8 Å². The second kappa shape index (κ2) is 5.04. The molecule has 2 N–H and O–H groups in total. The molecule has 0 amide bonds. The van der Waals surface area contributed by atoms with Gasteiger partial charge in [0.25, 0.3) is 0 Å². The second-order valence-electron chi connectivity index (χ2n) is 4.35. The molecule has 2 rings (SSSR count). The fraction of sp³-hybridized carbons (Fsp3) is 0.538. The van der Waals surface area contributed by atoms with E-state index in [-0.39, 0.29) is 0 Å². The Kier molecular flexibility index (Phi) is 3.71. The van der Waals surface area contributed by atoms with E-state index in [9.17, 15) is 0 Å². The van der Waals surface area contributed by atoms with Crippen LogP contribution in [0.3, 0.4) is 0 Å². The standard InChI is InChI=1S/C13H19NS/c1-10(9-14)12-7-2-3-8-13(12)15-11-5-4-6-11/h2-3,7-8,10-11H,4-6,9,14H2,1H3. The van der Waals surface area contributed by atoms with Crippen LogP contribution in [-0.4, -0.2) is 11.8 Å². The van der Waals surface area contributed by atoms with Crippen LogP contribution in [0.1, 0.15) is 37.7 Å². The van der Waals surface area contributed by atoms with Crippen molar-refractivity contribution < 1.29 is 0 Å².